The van der Waals surface area contributed by atoms with Crippen LogP contribution in [0.3, 0.4) is 0 Å². The second kappa shape index (κ2) is 10.5. The molecule has 0 radical (unpaired) electrons. The standard InChI is InChI=1S/C14H30O/c1-4-5-8-13(2)9-6-7-10-14(3)11-12-15/h13-15H,4-12H2,1-3H3. The van der Waals surface area contributed by atoms with Crippen LogP contribution in [0.1, 0.15) is 72.1 Å². The van der Waals surface area contributed by atoms with Gasteiger partial charge in [0.05, 0.1) is 0 Å². The summed E-state index contributed by atoms with van der Waals surface area (Å²) in [5.74, 6) is 1.62. The van der Waals surface area contributed by atoms with Gasteiger partial charge in [0.15, 0.2) is 0 Å². The van der Waals surface area contributed by atoms with Gasteiger partial charge in [-0.15, -0.1) is 0 Å². The lowest BCUT2D eigenvalue weighted by Crippen LogP contribution is -1.99. The molecule has 92 valence electrons. The Bertz CT molecular complexity index is 123. The molecule has 0 bridgehead atoms. The van der Waals surface area contributed by atoms with Crippen LogP contribution in [-0.2, 0) is 0 Å². The fraction of sp³-hybridized carbons (Fsp3) is 1.00. The molecule has 2 atom stereocenters. The highest BCUT2D eigenvalue weighted by molar-refractivity contribution is 4.57. The summed E-state index contributed by atoms with van der Waals surface area (Å²) in [6.45, 7) is 7.25. The minimum Gasteiger partial charge on any atom is -0.396 e. The van der Waals surface area contributed by atoms with Gasteiger partial charge in [-0.25, -0.2) is 0 Å². The molecule has 0 saturated heterocycles. The van der Waals surface area contributed by atoms with E-state index >= 15 is 0 Å². The lowest BCUT2D eigenvalue weighted by atomic mass is 9.95. The van der Waals surface area contributed by atoms with Gasteiger partial charge in [0.25, 0.3) is 0 Å². The molecule has 1 nitrogen and oxygen atoms in total. The average molecular weight is 214 g/mol. The first-order valence-electron chi connectivity index (χ1n) is 6.81. The Morgan fingerprint density at radius 3 is 1.73 bits per heavy atom. The van der Waals surface area contributed by atoms with E-state index in [9.17, 15) is 0 Å². The highest BCUT2D eigenvalue weighted by Crippen LogP contribution is 2.18. The maximum atomic E-state index is 8.78. The highest BCUT2D eigenvalue weighted by Gasteiger charge is 2.03. The molecule has 0 aliphatic rings. The van der Waals surface area contributed by atoms with Crippen molar-refractivity contribution >= 4 is 0 Å². The van der Waals surface area contributed by atoms with E-state index in [0.29, 0.717) is 12.5 Å². The van der Waals surface area contributed by atoms with Gasteiger partial charge in [0, 0.05) is 6.61 Å². The summed E-state index contributed by atoms with van der Waals surface area (Å²) in [7, 11) is 0. The molecule has 1 heteroatoms. The summed E-state index contributed by atoms with van der Waals surface area (Å²) in [5.41, 5.74) is 0. The molecular formula is C14H30O. The summed E-state index contributed by atoms with van der Waals surface area (Å²) in [6, 6.07) is 0. The Kier molecular flexibility index (Phi) is 10.4. The molecule has 0 aliphatic carbocycles. The molecule has 2 unspecified atom stereocenters. The Hall–Kier alpha value is -0.0400. The van der Waals surface area contributed by atoms with Gasteiger partial charge in [-0.05, 0) is 18.3 Å². The van der Waals surface area contributed by atoms with Crippen LogP contribution in [0, 0.1) is 11.8 Å². The Balaban J connectivity index is 3.22. The molecule has 15 heavy (non-hydrogen) atoms. The van der Waals surface area contributed by atoms with Gasteiger partial charge in [-0.1, -0.05) is 65.7 Å². The van der Waals surface area contributed by atoms with E-state index < -0.39 is 0 Å². The van der Waals surface area contributed by atoms with E-state index in [4.69, 9.17) is 5.11 Å². The van der Waals surface area contributed by atoms with Crippen molar-refractivity contribution in [3.05, 3.63) is 0 Å². The molecule has 0 aromatic heterocycles. The Morgan fingerprint density at radius 1 is 0.800 bits per heavy atom. The van der Waals surface area contributed by atoms with E-state index in [1.54, 1.807) is 0 Å². The Labute approximate surface area is 96.3 Å². The quantitative estimate of drug-likeness (QED) is 0.535. The van der Waals surface area contributed by atoms with Crippen LogP contribution in [0.25, 0.3) is 0 Å². The zero-order valence-electron chi connectivity index (χ0n) is 11.0. The van der Waals surface area contributed by atoms with Gasteiger partial charge in [0.1, 0.15) is 0 Å². The van der Waals surface area contributed by atoms with Gasteiger partial charge in [0.2, 0.25) is 0 Å². The molecule has 1 N–H and O–H groups in total. The zero-order chi connectivity index (χ0) is 11.5. The number of rotatable bonds is 10. The molecule has 0 heterocycles. The van der Waals surface area contributed by atoms with Gasteiger partial charge in [-0.3, -0.25) is 0 Å². The molecule has 0 amide bonds. The molecule has 0 aromatic carbocycles. The van der Waals surface area contributed by atoms with Crippen molar-refractivity contribution in [1.29, 1.82) is 0 Å². The Morgan fingerprint density at radius 2 is 1.27 bits per heavy atom. The first-order chi connectivity index (χ1) is 7.20. The summed E-state index contributed by atoms with van der Waals surface area (Å²) in [6.07, 6.45) is 10.5. The maximum Gasteiger partial charge on any atom is 0.0433 e. The molecule has 0 aromatic rings. The lowest BCUT2D eigenvalue weighted by Gasteiger charge is -2.12. The SMILES string of the molecule is CCCCC(C)CCCCC(C)CCO. The van der Waals surface area contributed by atoms with Crippen LogP contribution < -0.4 is 0 Å². The summed E-state index contributed by atoms with van der Waals surface area (Å²) < 4.78 is 0. The van der Waals surface area contributed by atoms with Crippen LogP contribution in [-0.4, -0.2) is 11.7 Å². The number of unbranched alkanes of at least 4 members (excludes halogenated alkanes) is 2. The van der Waals surface area contributed by atoms with Gasteiger partial charge < -0.3 is 5.11 Å². The number of hydrogen-bond acceptors (Lipinski definition) is 1. The maximum absolute atomic E-state index is 8.78. The number of hydrogen-bond donors (Lipinski definition) is 1. The fourth-order valence-electron chi connectivity index (χ4n) is 2.05. The predicted molar refractivity (Wildman–Crippen MR) is 68.0 cm³/mol. The van der Waals surface area contributed by atoms with E-state index in [-0.39, 0.29) is 0 Å². The van der Waals surface area contributed by atoms with Crippen LogP contribution in [0.4, 0.5) is 0 Å². The van der Waals surface area contributed by atoms with Crippen molar-refractivity contribution < 1.29 is 5.11 Å². The third kappa shape index (κ3) is 10.2. The van der Waals surface area contributed by atoms with E-state index in [1.807, 2.05) is 0 Å². The average Bonchev–Trinajstić information content (AvgIpc) is 2.22. The van der Waals surface area contributed by atoms with Crippen molar-refractivity contribution in [1.82, 2.24) is 0 Å². The van der Waals surface area contributed by atoms with Crippen molar-refractivity contribution in [3.8, 4) is 0 Å². The van der Waals surface area contributed by atoms with Crippen LogP contribution >= 0.6 is 0 Å². The summed E-state index contributed by atoms with van der Waals surface area (Å²) in [4.78, 5) is 0. The molecular weight excluding hydrogens is 184 g/mol. The van der Waals surface area contributed by atoms with Crippen LogP contribution in [0.2, 0.25) is 0 Å². The second-order valence-corrected chi connectivity index (χ2v) is 5.15. The summed E-state index contributed by atoms with van der Waals surface area (Å²) >= 11 is 0. The monoisotopic (exact) mass is 214 g/mol. The van der Waals surface area contributed by atoms with Crippen LogP contribution in [0.15, 0.2) is 0 Å². The molecule has 0 saturated carbocycles. The van der Waals surface area contributed by atoms with E-state index in [2.05, 4.69) is 20.8 Å². The second-order valence-electron chi connectivity index (χ2n) is 5.15. The first kappa shape index (κ1) is 15.0. The van der Waals surface area contributed by atoms with Crippen molar-refractivity contribution in [3.63, 3.8) is 0 Å². The smallest absolute Gasteiger partial charge is 0.0433 e. The third-order valence-corrected chi connectivity index (χ3v) is 3.32. The molecule has 0 aliphatic heterocycles. The fourth-order valence-corrected chi connectivity index (χ4v) is 2.05. The highest BCUT2D eigenvalue weighted by atomic mass is 16.3. The lowest BCUT2D eigenvalue weighted by molar-refractivity contribution is 0.256. The number of aliphatic hydroxyl groups excluding tert-OH is 1. The molecule has 0 rings (SSSR count). The topological polar surface area (TPSA) is 20.2 Å². The third-order valence-electron chi connectivity index (χ3n) is 3.32. The largest absolute Gasteiger partial charge is 0.396 e. The van der Waals surface area contributed by atoms with Crippen molar-refractivity contribution in [2.75, 3.05) is 6.61 Å². The van der Waals surface area contributed by atoms with Crippen molar-refractivity contribution in [2.45, 2.75) is 72.1 Å². The predicted octanol–water partition coefficient (Wildman–Crippen LogP) is 4.39. The zero-order valence-corrected chi connectivity index (χ0v) is 11.0. The molecule has 0 fully saturated rings. The van der Waals surface area contributed by atoms with Crippen LogP contribution in [0.5, 0.6) is 0 Å². The normalized spacial score (nSPS) is 15.2. The first-order valence-corrected chi connectivity index (χ1v) is 6.81. The molecule has 0 spiro atoms. The minimum absolute atomic E-state index is 0.355. The van der Waals surface area contributed by atoms with E-state index in [1.165, 1.54) is 44.9 Å². The van der Waals surface area contributed by atoms with Crippen molar-refractivity contribution in [2.24, 2.45) is 11.8 Å². The number of aliphatic hydroxyl groups is 1. The van der Waals surface area contributed by atoms with E-state index in [0.717, 1.165) is 12.3 Å². The van der Waals surface area contributed by atoms with Gasteiger partial charge >= 0.3 is 0 Å². The minimum atomic E-state index is 0.355. The van der Waals surface area contributed by atoms with Gasteiger partial charge in [-0.2, -0.15) is 0 Å². The summed E-state index contributed by atoms with van der Waals surface area (Å²) in [5, 5.41) is 8.78.